The Morgan fingerprint density at radius 3 is 2.68 bits per heavy atom. The molecular weight excluding hydrogens is 256 g/mol. The lowest BCUT2D eigenvalue weighted by atomic mass is 10.1. The highest BCUT2D eigenvalue weighted by molar-refractivity contribution is 5.95. The van der Waals surface area contributed by atoms with E-state index < -0.39 is 16.9 Å². The number of nitrogen functional groups attached to an aromatic ring is 1. The number of rotatable bonds is 5. The van der Waals surface area contributed by atoms with E-state index in [4.69, 9.17) is 11.5 Å². The summed E-state index contributed by atoms with van der Waals surface area (Å²) < 4.78 is 4.41. The fourth-order valence-electron chi connectivity index (χ4n) is 1.26. The molecule has 19 heavy (non-hydrogen) atoms. The van der Waals surface area contributed by atoms with E-state index in [0.29, 0.717) is 0 Å². The number of amides is 2. The van der Waals surface area contributed by atoms with Crippen LogP contribution in [0.4, 0.5) is 16.2 Å². The van der Waals surface area contributed by atoms with Gasteiger partial charge >= 0.3 is 6.09 Å². The van der Waals surface area contributed by atoms with E-state index >= 15 is 0 Å². The van der Waals surface area contributed by atoms with Gasteiger partial charge in [-0.05, 0) is 12.1 Å². The number of primary amides is 1. The molecule has 0 spiro atoms. The quantitative estimate of drug-likeness (QED) is 0.296. The fourth-order valence-corrected chi connectivity index (χ4v) is 1.26. The molecule has 0 aromatic heterocycles. The highest BCUT2D eigenvalue weighted by atomic mass is 16.6. The highest BCUT2D eigenvalue weighted by Crippen LogP contribution is 2.22. The van der Waals surface area contributed by atoms with Crippen molar-refractivity contribution in [2.75, 3.05) is 18.9 Å². The van der Waals surface area contributed by atoms with E-state index in [2.05, 4.69) is 10.1 Å². The number of nitrogens with two attached hydrogens (primary N) is 2. The molecule has 0 atom stereocenters. The van der Waals surface area contributed by atoms with Crippen LogP contribution in [0, 0.1) is 10.1 Å². The Balaban J connectivity index is 2.65. The molecule has 0 saturated heterocycles. The number of hydrogen-bond donors (Lipinski definition) is 3. The Morgan fingerprint density at radius 2 is 2.11 bits per heavy atom. The maximum Gasteiger partial charge on any atom is 0.404 e. The van der Waals surface area contributed by atoms with Crippen molar-refractivity contribution < 1.29 is 19.2 Å². The molecule has 0 unspecified atom stereocenters. The monoisotopic (exact) mass is 268 g/mol. The molecule has 1 aromatic rings. The van der Waals surface area contributed by atoms with Crippen molar-refractivity contribution in [3.05, 3.63) is 33.9 Å². The van der Waals surface area contributed by atoms with Crippen molar-refractivity contribution in [1.29, 1.82) is 0 Å². The minimum Gasteiger partial charge on any atom is -0.448 e. The van der Waals surface area contributed by atoms with Crippen molar-refractivity contribution in [3.8, 4) is 0 Å². The van der Waals surface area contributed by atoms with Gasteiger partial charge in [0, 0.05) is 11.6 Å². The van der Waals surface area contributed by atoms with Gasteiger partial charge in [-0.2, -0.15) is 0 Å². The summed E-state index contributed by atoms with van der Waals surface area (Å²) in [5.74, 6) is -0.545. The second-order valence-corrected chi connectivity index (χ2v) is 3.45. The molecule has 0 aliphatic carbocycles. The third-order valence-corrected chi connectivity index (χ3v) is 2.12. The van der Waals surface area contributed by atoms with Gasteiger partial charge < -0.3 is 21.5 Å². The molecule has 5 N–H and O–H groups in total. The number of benzene rings is 1. The Morgan fingerprint density at radius 1 is 1.42 bits per heavy atom. The molecule has 1 rings (SSSR count). The lowest BCUT2D eigenvalue weighted by Gasteiger charge is -2.05. The number of ether oxygens (including phenoxy) is 1. The average Bonchev–Trinajstić information content (AvgIpc) is 2.34. The van der Waals surface area contributed by atoms with Crippen LogP contribution in [0.5, 0.6) is 0 Å². The topological polar surface area (TPSA) is 151 Å². The zero-order valence-electron chi connectivity index (χ0n) is 9.79. The SMILES string of the molecule is NC(=O)OCCNC(=O)c1ccc(N)c([N+](=O)[O-])c1. The van der Waals surface area contributed by atoms with Crippen LogP contribution in [-0.4, -0.2) is 30.1 Å². The minimum absolute atomic E-state index is 0.0291. The summed E-state index contributed by atoms with van der Waals surface area (Å²) in [6, 6.07) is 3.69. The molecule has 2 amide bonds. The zero-order chi connectivity index (χ0) is 14.4. The van der Waals surface area contributed by atoms with Crippen LogP contribution in [0.2, 0.25) is 0 Å². The fraction of sp³-hybridized carbons (Fsp3) is 0.200. The summed E-state index contributed by atoms with van der Waals surface area (Å²) in [6.45, 7) is -0.0436. The van der Waals surface area contributed by atoms with Gasteiger partial charge in [-0.3, -0.25) is 14.9 Å². The average molecular weight is 268 g/mol. The summed E-state index contributed by atoms with van der Waals surface area (Å²) in [5.41, 5.74) is 9.84. The van der Waals surface area contributed by atoms with Crippen LogP contribution in [0.15, 0.2) is 18.2 Å². The van der Waals surface area contributed by atoms with Gasteiger partial charge in [0.2, 0.25) is 0 Å². The summed E-state index contributed by atoms with van der Waals surface area (Å²) in [6.07, 6.45) is -0.947. The van der Waals surface area contributed by atoms with E-state index in [0.717, 1.165) is 6.07 Å². The number of carbonyl (C=O) groups excluding carboxylic acids is 2. The number of nitrogens with one attached hydrogen (secondary N) is 1. The predicted octanol–water partition coefficient (Wildman–Crippen LogP) is 0.00210. The third kappa shape index (κ3) is 4.15. The number of hydrogen-bond acceptors (Lipinski definition) is 6. The standard InChI is InChI=1S/C10H12N4O5/c11-7-2-1-6(5-8(7)14(17)18)9(15)13-3-4-19-10(12)16/h1-2,5H,3-4,11H2,(H2,12,16)(H,13,15). The lowest BCUT2D eigenvalue weighted by molar-refractivity contribution is -0.383. The van der Waals surface area contributed by atoms with Crippen LogP contribution < -0.4 is 16.8 Å². The number of carbonyl (C=O) groups is 2. The first-order chi connectivity index (χ1) is 8.91. The second kappa shape index (κ2) is 6.19. The van der Waals surface area contributed by atoms with Crippen LogP contribution in [0.1, 0.15) is 10.4 Å². The van der Waals surface area contributed by atoms with Gasteiger partial charge in [-0.1, -0.05) is 0 Å². The molecule has 9 heteroatoms. The number of nitro benzene ring substituents is 1. The first-order valence-corrected chi connectivity index (χ1v) is 5.16. The summed E-state index contributed by atoms with van der Waals surface area (Å²) >= 11 is 0. The van der Waals surface area contributed by atoms with Crippen LogP contribution in [0.25, 0.3) is 0 Å². The van der Waals surface area contributed by atoms with Crippen molar-refractivity contribution >= 4 is 23.4 Å². The van der Waals surface area contributed by atoms with Gasteiger partial charge in [0.05, 0.1) is 11.5 Å². The minimum atomic E-state index is -0.947. The van der Waals surface area contributed by atoms with Gasteiger partial charge in [0.25, 0.3) is 11.6 Å². The van der Waals surface area contributed by atoms with Crippen LogP contribution in [-0.2, 0) is 4.74 Å². The van der Waals surface area contributed by atoms with Crippen molar-refractivity contribution in [2.45, 2.75) is 0 Å². The first kappa shape index (κ1) is 14.2. The first-order valence-electron chi connectivity index (χ1n) is 5.16. The molecule has 102 valence electrons. The maximum absolute atomic E-state index is 11.6. The second-order valence-electron chi connectivity index (χ2n) is 3.45. The van der Waals surface area contributed by atoms with E-state index in [1.165, 1.54) is 12.1 Å². The molecule has 0 bridgehead atoms. The molecule has 0 heterocycles. The Labute approximate surface area is 107 Å². The smallest absolute Gasteiger partial charge is 0.404 e. The van der Waals surface area contributed by atoms with Gasteiger partial charge in [0.15, 0.2) is 0 Å². The molecule has 9 nitrogen and oxygen atoms in total. The summed E-state index contributed by atoms with van der Waals surface area (Å²) in [4.78, 5) is 31.9. The summed E-state index contributed by atoms with van der Waals surface area (Å²) in [7, 11) is 0. The Bertz CT molecular complexity index is 517. The van der Waals surface area contributed by atoms with E-state index in [-0.39, 0.29) is 30.1 Å². The molecule has 0 saturated carbocycles. The zero-order valence-corrected chi connectivity index (χ0v) is 9.79. The third-order valence-electron chi connectivity index (χ3n) is 2.12. The molecule has 0 radical (unpaired) electrons. The van der Waals surface area contributed by atoms with Gasteiger partial charge in [-0.25, -0.2) is 4.79 Å². The van der Waals surface area contributed by atoms with E-state index in [1.807, 2.05) is 0 Å². The molecule has 0 aliphatic heterocycles. The van der Waals surface area contributed by atoms with E-state index in [9.17, 15) is 19.7 Å². The van der Waals surface area contributed by atoms with Crippen molar-refractivity contribution in [1.82, 2.24) is 5.32 Å². The van der Waals surface area contributed by atoms with Gasteiger partial charge in [-0.15, -0.1) is 0 Å². The van der Waals surface area contributed by atoms with Crippen LogP contribution >= 0.6 is 0 Å². The predicted molar refractivity (Wildman–Crippen MR) is 65.4 cm³/mol. The van der Waals surface area contributed by atoms with Crippen molar-refractivity contribution in [3.63, 3.8) is 0 Å². The molecular formula is C10H12N4O5. The van der Waals surface area contributed by atoms with Crippen molar-refractivity contribution in [2.24, 2.45) is 5.73 Å². The number of anilines is 1. The van der Waals surface area contributed by atoms with Crippen LogP contribution in [0.3, 0.4) is 0 Å². The lowest BCUT2D eigenvalue weighted by Crippen LogP contribution is -2.29. The van der Waals surface area contributed by atoms with Gasteiger partial charge in [0.1, 0.15) is 12.3 Å². The normalized spacial score (nSPS) is 9.68. The maximum atomic E-state index is 11.6. The number of nitrogens with zero attached hydrogens (tertiary/aromatic N) is 1. The van der Waals surface area contributed by atoms with E-state index in [1.54, 1.807) is 0 Å². The highest BCUT2D eigenvalue weighted by Gasteiger charge is 2.15. The Kier molecular flexibility index (Phi) is 4.63. The summed E-state index contributed by atoms with van der Waals surface area (Å²) in [5, 5.41) is 13.1. The largest absolute Gasteiger partial charge is 0.448 e. The number of nitro groups is 1. The Hall–Kier alpha value is -2.84. The molecule has 0 fully saturated rings. The molecule has 0 aliphatic rings. The molecule has 1 aromatic carbocycles.